The molecule has 0 radical (unpaired) electrons. The lowest BCUT2D eigenvalue weighted by Gasteiger charge is -2.31. The Morgan fingerprint density at radius 1 is 1.47 bits per heavy atom. The number of halogens is 2. The predicted octanol–water partition coefficient (Wildman–Crippen LogP) is 2.17. The van der Waals surface area contributed by atoms with Gasteiger partial charge in [-0.1, -0.05) is 11.6 Å². The van der Waals surface area contributed by atoms with Crippen LogP contribution in [0, 0.1) is 11.7 Å². The second kappa shape index (κ2) is 5.80. The maximum atomic E-state index is 13.5. The molecule has 0 bridgehead atoms. The van der Waals surface area contributed by atoms with Crippen molar-refractivity contribution in [3.05, 3.63) is 34.6 Å². The van der Waals surface area contributed by atoms with Crippen molar-refractivity contribution in [1.82, 2.24) is 10.2 Å². The van der Waals surface area contributed by atoms with Crippen molar-refractivity contribution in [2.24, 2.45) is 5.92 Å². The van der Waals surface area contributed by atoms with Crippen LogP contribution < -0.4 is 5.32 Å². The summed E-state index contributed by atoms with van der Waals surface area (Å²) in [7, 11) is 2.08. The fourth-order valence-corrected chi connectivity index (χ4v) is 2.25. The molecule has 1 N–H and O–H groups in total. The Kier molecular flexibility index (Phi) is 4.37. The molecule has 1 aromatic carbocycles. The largest absolute Gasteiger partial charge is 0.316 e. The SMILES string of the molecule is CN(CCc1cc(Cl)ccc1F)CC1CNC1. The van der Waals surface area contributed by atoms with E-state index in [9.17, 15) is 4.39 Å². The first-order chi connectivity index (χ1) is 8.15. The van der Waals surface area contributed by atoms with E-state index in [1.807, 2.05) is 0 Å². The minimum absolute atomic E-state index is 0.159. The third-order valence-corrected chi connectivity index (χ3v) is 3.44. The van der Waals surface area contributed by atoms with Gasteiger partial charge < -0.3 is 10.2 Å². The van der Waals surface area contributed by atoms with Crippen LogP contribution in [-0.2, 0) is 6.42 Å². The van der Waals surface area contributed by atoms with E-state index in [1.54, 1.807) is 12.1 Å². The number of benzene rings is 1. The number of nitrogens with one attached hydrogen (secondary N) is 1. The quantitative estimate of drug-likeness (QED) is 0.869. The maximum absolute atomic E-state index is 13.5. The number of hydrogen-bond donors (Lipinski definition) is 1. The van der Waals surface area contributed by atoms with Gasteiger partial charge in [-0.3, -0.25) is 0 Å². The van der Waals surface area contributed by atoms with E-state index < -0.39 is 0 Å². The van der Waals surface area contributed by atoms with Crippen LogP contribution in [0.3, 0.4) is 0 Å². The molecule has 2 rings (SSSR count). The van der Waals surface area contributed by atoms with E-state index >= 15 is 0 Å². The fourth-order valence-electron chi connectivity index (χ4n) is 2.06. The van der Waals surface area contributed by atoms with E-state index in [0.717, 1.165) is 32.1 Å². The third-order valence-electron chi connectivity index (χ3n) is 3.21. The highest BCUT2D eigenvalue weighted by molar-refractivity contribution is 6.30. The van der Waals surface area contributed by atoms with Gasteiger partial charge in [0, 0.05) is 31.2 Å². The van der Waals surface area contributed by atoms with Crippen LogP contribution in [0.4, 0.5) is 4.39 Å². The number of hydrogen-bond acceptors (Lipinski definition) is 2. The average molecular weight is 257 g/mol. The Hall–Kier alpha value is -0.640. The molecule has 1 aliphatic heterocycles. The lowest BCUT2D eigenvalue weighted by atomic mass is 10.0. The molecule has 0 atom stereocenters. The summed E-state index contributed by atoms with van der Waals surface area (Å²) in [5.41, 5.74) is 0.705. The summed E-state index contributed by atoms with van der Waals surface area (Å²) in [5, 5.41) is 3.86. The van der Waals surface area contributed by atoms with Crippen LogP contribution in [0.1, 0.15) is 5.56 Å². The molecule has 0 aromatic heterocycles. The first-order valence-electron chi connectivity index (χ1n) is 5.98. The minimum atomic E-state index is -0.159. The van der Waals surface area contributed by atoms with Crippen molar-refractivity contribution in [3.8, 4) is 0 Å². The summed E-state index contributed by atoms with van der Waals surface area (Å²) in [6.45, 7) is 4.16. The van der Waals surface area contributed by atoms with Gasteiger partial charge in [-0.05, 0) is 43.1 Å². The molecule has 1 aliphatic rings. The number of likely N-dealkylation sites (N-methyl/N-ethyl adjacent to an activating group) is 1. The van der Waals surface area contributed by atoms with Gasteiger partial charge in [-0.25, -0.2) is 4.39 Å². The number of rotatable bonds is 5. The van der Waals surface area contributed by atoms with Crippen LogP contribution in [-0.4, -0.2) is 38.1 Å². The Labute approximate surface area is 107 Å². The molecule has 0 amide bonds. The second-order valence-corrected chi connectivity index (χ2v) is 5.21. The van der Waals surface area contributed by atoms with E-state index in [-0.39, 0.29) is 5.82 Å². The van der Waals surface area contributed by atoms with Crippen molar-refractivity contribution in [2.45, 2.75) is 6.42 Å². The Morgan fingerprint density at radius 2 is 2.24 bits per heavy atom. The van der Waals surface area contributed by atoms with E-state index in [4.69, 9.17) is 11.6 Å². The van der Waals surface area contributed by atoms with Crippen molar-refractivity contribution in [2.75, 3.05) is 33.2 Å². The summed E-state index contributed by atoms with van der Waals surface area (Å²) in [6.07, 6.45) is 0.711. The molecule has 0 aliphatic carbocycles. The van der Waals surface area contributed by atoms with Gasteiger partial charge in [0.25, 0.3) is 0 Å². The van der Waals surface area contributed by atoms with Gasteiger partial charge in [0.15, 0.2) is 0 Å². The molecule has 1 aromatic rings. The van der Waals surface area contributed by atoms with E-state index in [1.165, 1.54) is 6.07 Å². The zero-order valence-electron chi connectivity index (χ0n) is 10.0. The van der Waals surface area contributed by atoms with Gasteiger partial charge in [-0.2, -0.15) is 0 Å². The highest BCUT2D eigenvalue weighted by atomic mass is 35.5. The highest BCUT2D eigenvalue weighted by Gasteiger charge is 2.18. The topological polar surface area (TPSA) is 15.3 Å². The molecule has 1 heterocycles. The van der Waals surface area contributed by atoms with Gasteiger partial charge in [0.05, 0.1) is 0 Å². The first kappa shape index (κ1) is 12.8. The number of nitrogens with zero attached hydrogens (tertiary/aromatic N) is 1. The molecule has 2 nitrogen and oxygen atoms in total. The van der Waals surface area contributed by atoms with Crippen molar-refractivity contribution in [3.63, 3.8) is 0 Å². The van der Waals surface area contributed by atoms with E-state index in [0.29, 0.717) is 17.0 Å². The second-order valence-electron chi connectivity index (χ2n) is 4.77. The van der Waals surface area contributed by atoms with Gasteiger partial charge in [-0.15, -0.1) is 0 Å². The minimum Gasteiger partial charge on any atom is -0.316 e. The third kappa shape index (κ3) is 3.66. The smallest absolute Gasteiger partial charge is 0.126 e. The maximum Gasteiger partial charge on any atom is 0.126 e. The molecule has 94 valence electrons. The zero-order chi connectivity index (χ0) is 12.3. The summed E-state index contributed by atoms with van der Waals surface area (Å²) in [6, 6.07) is 4.74. The van der Waals surface area contributed by atoms with Gasteiger partial charge in [0.2, 0.25) is 0 Å². The van der Waals surface area contributed by atoms with Crippen LogP contribution in [0.2, 0.25) is 5.02 Å². The van der Waals surface area contributed by atoms with Crippen LogP contribution >= 0.6 is 11.6 Å². The van der Waals surface area contributed by atoms with Crippen molar-refractivity contribution in [1.29, 1.82) is 0 Å². The molecular weight excluding hydrogens is 239 g/mol. The lowest BCUT2D eigenvalue weighted by Crippen LogP contribution is -2.47. The molecule has 1 saturated heterocycles. The Bertz CT molecular complexity index is 380. The van der Waals surface area contributed by atoms with Crippen LogP contribution in [0.15, 0.2) is 18.2 Å². The molecule has 4 heteroatoms. The summed E-state index contributed by atoms with van der Waals surface area (Å²) < 4.78 is 13.5. The zero-order valence-corrected chi connectivity index (χ0v) is 10.8. The first-order valence-corrected chi connectivity index (χ1v) is 6.36. The fraction of sp³-hybridized carbons (Fsp3) is 0.538. The molecule has 0 saturated carbocycles. The van der Waals surface area contributed by atoms with Crippen LogP contribution in [0.25, 0.3) is 0 Å². The molecule has 17 heavy (non-hydrogen) atoms. The average Bonchev–Trinajstić information content (AvgIpc) is 2.25. The molecular formula is C13H18ClFN2. The van der Waals surface area contributed by atoms with Crippen molar-refractivity contribution >= 4 is 11.6 Å². The summed E-state index contributed by atoms with van der Waals surface area (Å²) in [4.78, 5) is 2.26. The van der Waals surface area contributed by atoms with E-state index in [2.05, 4.69) is 17.3 Å². The predicted molar refractivity (Wildman–Crippen MR) is 69.0 cm³/mol. The monoisotopic (exact) mass is 256 g/mol. The lowest BCUT2D eigenvalue weighted by molar-refractivity contribution is 0.225. The normalized spacial score (nSPS) is 16.2. The molecule has 0 spiro atoms. The van der Waals surface area contributed by atoms with Crippen LogP contribution in [0.5, 0.6) is 0 Å². The van der Waals surface area contributed by atoms with Gasteiger partial charge in [0.1, 0.15) is 5.82 Å². The van der Waals surface area contributed by atoms with Gasteiger partial charge >= 0.3 is 0 Å². The molecule has 1 fully saturated rings. The van der Waals surface area contributed by atoms with Crippen molar-refractivity contribution < 1.29 is 4.39 Å². The molecule has 0 unspecified atom stereocenters. The summed E-state index contributed by atoms with van der Waals surface area (Å²) >= 11 is 5.86. The Morgan fingerprint density at radius 3 is 2.88 bits per heavy atom. The highest BCUT2D eigenvalue weighted by Crippen LogP contribution is 2.15. The standard InChI is InChI=1S/C13H18ClFN2/c1-17(9-10-7-16-8-10)5-4-11-6-12(14)2-3-13(11)15/h2-3,6,10,16H,4-5,7-9H2,1H3. The Balaban J connectivity index is 1.81. The summed E-state index contributed by atoms with van der Waals surface area (Å²) in [5.74, 6) is 0.595.